The average molecular weight is 353 g/mol. The Hall–Kier alpha value is -2.64. The maximum Gasteiger partial charge on any atom is 0.432 e. The molecule has 2 aliphatic rings. The van der Waals surface area contributed by atoms with Gasteiger partial charge in [0.15, 0.2) is 5.78 Å². The first-order chi connectivity index (χ1) is 11.6. The van der Waals surface area contributed by atoms with Gasteiger partial charge in [0.25, 0.3) is 5.91 Å². The molecule has 0 unspecified atom stereocenters. The number of halogens is 3. The zero-order valence-corrected chi connectivity index (χ0v) is 13.1. The number of ether oxygens (including phenoxy) is 1. The molecule has 3 rings (SSSR count). The number of fused-ring (bicyclic) bond motifs is 1. The maximum atomic E-state index is 13.6. The topological polar surface area (TPSA) is 72.5 Å². The summed E-state index contributed by atoms with van der Waals surface area (Å²) in [6.07, 6.45) is -4.14. The van der Waals surface area contributed by atoms with Gasteiger partial charge in [-0.15, -0.1) is 0 Å². The highest BCUT2D eigenvalue weighted by atomic mass is 19.4. The number of esters is 1. The second-order valence-corrected chi connectivity index (χ2v) is 6.26. The van der Waals surface area contributed by atoms with E-state index in [-0.39, 0.29) is 5.56 Å². The van der Waals surface area contributed by atoms with E-state index in [1.165, 1.54) is 12.1 Å². The Morgan fingerprint density at radius 3 is 2.48 bits per heavy atom. The number of carbonyl (C=O) groups excluding carboxylic acids is 3. The molecule has 0 radical (unpaired) electrons. The lowest BCUT2D eigenvalue weighted by Gasteiger charge is -2.38. The molecule has 1 aromatic rings. The summed E-state index contributed by atoms with van der Waals surface area (Å²) in [5.41, 5.74) is -4.72. The molecule has 1 aliphatic heterocycles. The fourth-order valence-electron chi connectivity index (χ4n) is 3.28. The predicted octanol–water partition coefficient (Wildman–Crippen LogP) is 2.18. The lowest BCUT2D eigenvalue weighted by atomic mass is 9.70. The van der Waals surface area contributed by atoms with Gasteiger partial charge in [-0.25, -0.2) is 4.79 Å². The van der Waals surface area contributed by atoms with Crippen LogP contribution in [0.4, 0.5) is 13.2 Å². The van der Waals surface area contributed by atoms with Crippen LogP contribution < -0.4 is 5.32 Å². The van der Waals surface area contributed by atoms with Gasteiger partial charge < -0.3 is 10.1 Å². The van der Waals surface area contributed by atoms with E-state index in [1.54, 1.807) is 18.2 Å². The monoisotopic (exact) mass is 353 g/mol. The van der Waals surface area contributed by atoms with Gasteiger partial charge in [0.05, 0.1) is 5.92 Å². The van der Waals surface area contributed by atoms with Crippen molar-refractivity contribution in [2.75, 3.05) is 0 Å². The summed E-state index contributed by atoms with van der Waals surface area (Å²) < 4.78 is 45.6. The molecule has 8 heteroatoms. The van der Waals surface area contributed by atoms with Crippen LogP contribution in [0.3, 0.4) is 0 Å². The predicted molar refractivity (Wildman–Crippen MR) is 79.4 cm³/mol. The molecule has 1 fully saturated rings. The van der Waals surface area contributed by atoms with Gasteiger partial charge in [-0.3, -0.25) is 9.59 Å². The number of alkyl halides is 3. The first-order valence-corrected chi connectivity index (χ1v) is 7.50. The Bertz CT molecular complexity index is 774. The molecule has 3 atom stereocenters. The highest BCUT2D eigenvalue weighted by Crippen LogP contribution is 2.53. The number of carbonyl (C=O) groups is 3. The zero-order chi connectivity index (χ0) is 18.5. The lowest BCUT2D eigenvalue weighted by Crippen LogP contribution is -2.60. The van der Waals surface area contributed by atoms with Gasteiger partial charge in [-0.05, 0) is 31.2 Å². The van der Waals surface area contributed by atoms with Crippen molar-refractivity contribution in [2.45, 2.75) is 30.7 Å². The van der Waals surface area contributed by atoms with Crippen molar-refractivity contribution in [3.63, 3.8) is 0 Å². The Labute approximate surface area is 140 Å². The molecule has 5 nitrogen and oxygen atoms in total. The second-order valence-electron chi connectivity index (χ2n) is 6.26. The van der Waals surface area contributed by atoms with Crippen molar-refractivity contribution in [3.05, 3.63) is 48.0 Å². The van der Waals surface area contributed by atoms with Crippen LogP contribution in [0.5, 0.6) is 0 Å². The molecular formula is C17H14F3NO4. The van der Waals surface area contributed by atoms with Crippen molar-refractivity contribution in [3.8, 4) is 0 Å². The van der Waals surface area contributed by atoms with Crippen LogP contribution in [0.25, 0.3) is 0 Å². The number of hydrogen-bond donors (Lipinski definition) is 1. The van der Waals surface area contributed by atoms with E-state index in [4.69, 9.17) is 4.74 Å². The van der Waals surface area contributed by atoms with Gasteiger partial charge in [-0.1, -0.05) is 18.2 Å². The van der Waals surface area contributed by atoms with Gasteiger partial charge in [0, 0.05) is 12.0 Å². The SMILES string of the molecule is C[C@]1(NC(=O)c2ccccc2)C(=O)O[C@@]2(C(F)(F)F)C=CC(=O)C[C@@H]12. The molecule has 0 aromatic heterocycles. The van der Waals surface area contributed by atoms with E-state index < -0.39 is 47.3 Å². The fraction of sp³-hybridized carbons (Fsp3) is 0.353. The molecule has 1 N–H and O–H groups in total. The molecule has 25 heavy (non-hydrogen) atoms. The first-order valence-electron chi connectivity index (χ1n) is 7.50. The van der Waals surface area contributed by atoms with Gasteiger partial charge in [0.2, 0.25) is 5.60 Å². The Morgan fingerprint density at radius 2 is 1.88 bits per heavy atom. The van der Waals surface area contributed by atoms with Crippen LogP contribution >= 0.6 is 0 Å². The minimum atomic E-state index is -4.92. The van der Waals surface area contributed by atoms with E-state index in [1.807, 2.05) is 0 Å². The summed E-state index contributed by atoms with van der Waals surface area (Å²) in [4.78, 5) is 36.4. The Kier molecular flexibility index (Phi) is 3.74. The summed E-state index contributed by atoms with van der Waals surface area (Å²) in [5, 5.41) is 2.34. The summed E-state index contributed by atoms with van der Waals surface area (Å²) in [6.45, 7) is 1.15. The molecule has 1 amide bonds. The smallest absolute Gasteiger partial charge is 0.432 e. The molecule has 1 saturated heterocycles. The number of amides is 1. The van der Waals surface area contributed by atoms with Crippen molar-refractivity contribution in [1.29, 1.82) is 0 Å². The largest absolute Gasteiger partial charge is 0.443 e. The van der Waals surface area contributed by atoms with Crippen molar-refractivity contribution in [2.24, 2.45) is 5.92 Å². The molecule has 0 spiro atoms. The molecule has 1 aromatic carbocycles. The number of hydrogen-bond acceptors (Lipinski definition) is 4. The Morgan fingerprint density at radius 1 is 1.24 bits per heavy atom. The minimum Gasteiger partial charge on any atom is -0.443 e. The van der Waals surface area contributed by atoms with Gasteiger partial charge in [0.1, 0.15) is 5.54 Å². The zero-order valence-electron chi connectivity index (χ0n) is 13.1. The van der Waals surface area contributed by atoms with Crippen LogP contribution in [0.2, 0.25) is 0 Å². The standard InChI is InChI=1S/C17H14F3NO4/c1-15(21-13(23)10-5-3-2-4-6-10)12-9-11(22)7-8-16(12,17(18,19)20)25-14(15)24/h2-8,12H,9H2,1H3,(H,21,23)/t12-,15+,16-/m0/s1. The molecule has 1 aliphatic carbocycles. The van der Waals surface area contributed by atoms with E-state index in [0.717, 1.165) is 13.0 Å². The lowest BCUT2D eigenvalue weighted by molar-refractivity contribution is -0.253. The first kappa shape index (κ1) is 17.2. The molecule has 1 heterocycles. The van der Waals surface area contributed by atoms with E-state index >= 15 is 0 Å². The molecule has 0 saturated carbocycles. The third-order valence-electron chi connectivity index (χ3n) is 4.67. The van der Waals surface area contributed by atoms with E-state index in [9.17, 15) is 27.6 Å². The van der Waals surface area contributed by atoms with Crippen molar-refractivity contribution >= 4 is 17.7 Å². The van der Waals surface area contributed by atoms with Crippen molar-refractivity contribution < 1.29 is 32.3 Å². The number of rotatable bonds is 2. The molecule has 0 bridgehead atoms. The fourth-order valence-corrected chi connectivity index (χ4v) is 3.28. The second kappa shape index (κ2) is 5.44. The quantitative estimate of drug-likeness (QED) is 0.828. The summed E-state index contributed by atoms with van der Waals surface area (Å²) in [7, 11) is 0. The molecule has 132 valence electrons. The van der Waals surface area contributed by atoms with Gasteiger partial charge in [-0.2, -0.15) is 13.2 Å². The van der Waals surface area contributed by atoms with Crippen LogP contribution in [0.1, 0.15) is 23.7 Å². The highest BCUT2D eigenvalue weighted by Gasteiger charge is 2.73. The van der Waals surface area contributed by atoms with Crippen LogP contribution in [-0.4, -0.2) is 35.0 Å². The van der Waals surface area contributed by atoms with Crippen LogP contribution in [0, 0.1) is 5.92 Å². The number of allylic oxidation sites excluding steroid dienone is 1. The average Bonchev–Trinajstić information content (AvgIpc) is 2.77. The van der Waals surface area contributed by atoms with E-state index in [0.29, 0.717) is 6.08 Å². The number of ketones is 1. The van der Waals surface area contributed by atoms with Crippen LogP contribution in [-0.2, 0) is 14.3 Å². The van der Waals surface area contributed by atoms with E-state index in [2.05, 4.69) is 5.32 Å². The number of benzene rings is 1. The number of nitrogens with one attached hydrogen (secondary N) is 1. The Balaban J connectivity index is 2.01. The summed E-state index contributed by atoms with van der Waals surface area (Å²) in [6, 6.07) is 7.75. The highest BCUT2D eigenvalue weighted by molar-refractivity contribution is 6.00. The summed E-state index contributed by atoms with van der Waals surface area (Å²) in [5.74, 6) is -4.10. The van der Waals surface area contributed by atoms with Crippen molar-refractivity contribution in [1.82, 2.24) is 5.32 Å². The molecular weight excluding hydrogens is 339 g/mol. The third-order valence-corrected chi connectivity index (χ3v) is 4.67. The normalized spacial score (nSPS) is 31.4. The van der Waals surface area contributed by atoms with Crippen LogP contribution in [0.15, 0.2) is 42.5 Å². The maximum absolute atomic E-state index is 13.6. The van der Waals surface area contributed by atoms with Gasteiger partial charge >= 0.3 is 12.1 Å². The third kappa shape index (κ3) is 2.52. The summed E-state index contributed by atoms with van der Waals surface area (Å²) >= 11 is 0. The minimum absolute atomic E-state index is 0.179.